The monoisotopic (exact) mass is 450 g/mol. The lowest BCUT2D eigenvalue weighted by molar-refractivity contribution is 0.303. The number of furan rings is 1. The van der Waals surface area contributed by atoms with Crippen molar-refractivity contribution in [3.63, 3.8) is 0 Å². The van der Waals surface area contributed by atoms with E-state index in [2.05, 4.69) is 9.97 Å². The minimum absolute atomic E-state index is 0.322. The predicted octanol–water partition coefficient (Wildman–Crippen LogP) is 6.92. The van der Waals surface area contributed by atoms with Crippen LogP contribution in [0.15, 0.2) is 77.2 Å². The van der Waals surface area contributed by atoms with Crippen LogP contribution in [0.25, 0.3) is 22.6 Å². The van der Waals surface area contributed by atoms with Gasteiger partial charge < -0.3 is 14.1 Å². The second-order valence-electron chi connectivity index (χ2n) is 7.34. The Balaban J connectivity index is 1.38. The fraction of sp³-hybridized carbons (Fsp3) is 0.0800. The van der Waals surface area contributed by atoms with Crippen LogP contribution in [0, 0.1) is 11.6 Å². The molecule has 5 aromatic rings. The van der Waals surface area contributed by atoms with Gasteiger partial charge in [-0.3, -0.25) is 0 Å². The summed E-state index contributed by atoms with van der Waals surface area (Å²) in [6.07, 6.45) is 0.453. The number of H-pyrrole nitrogens is 1. The molecule has 0 amide bonds. The zero-order chi connectivity index (χ0) is 22.1. The van der Waals surface area contributed by atoms with Crippen molar-refractivity contribution < 1.29 is 17.9 Å². The molecule has 2 heterocycles. The molecule has 0 saturated carbocycles. The summed E-state index contributed by atoms with van der Waals surface area (Å²) in [5, 5.41) is 0.597. The lowest BCUT2D eigenvalue weighted by Crippen LogP contribution is -1.99. The number of nitrogens with zero attached hydrogens (tertiary/aromatic N) is 1. The van der Waals surface area contributed by atoms with Gasteiger partial charge in [0.1, 0.15) is 18.1 Å². The number of aromatic nitrogens is 2. The molecule has 0 atom stereocenters. The highest BCUT2D eigenvalue weighted by atomic mass is 35.5. The van der Waals surface area contributed by atoms with Crippen LogP contribution in [0.5, 0.6) is 5.75 Å². The number of halogens is 3. The molecule has 0 spiro atoms. The molecule has 0 unspecified atom stereocenters. The van der Waals surface area contributed by atoms with E-state index in [1.807, 2.05) is 48.5 Å². The van der Waals surface area contributed by atoms with Crippen molar-refractivity contribution in [1.82, 2.24) is 9.97 Å². The number of nitrogens with one attached hydrogen (secondary N) is 1. The lowest BCUT2D eigenvalue weighted by Gasteiger charge is -2.11. The highest BCUT2D eigenvalue weighted by Crippen LogP contribution is 2.29. The smallest absolute Gasteiger partial charge is 0.174 e. The van der Waals surface area contributed by atoms with Crippen LogP contribution in [-0.2, 0) is 13.0 Å². The highest BCUT2D eigenvalue weighted by molar-refractivity contribution is 6.30. The number of hydrogen-bond acceptors (Lipinski definition) is 3. The summed E-state index contributed by atoms with van der Waals surface area (Å²) in [6, 6.07) is 21.1. The summed E-state index contributed by atoms with van der Waals surface area (Å²) in [4.78, 5) is 7.26. The number of fused-ring (bicyclic) bond motifs is 1. The third-order valence-corrected chi connectivity index (χ3v) is 5.28. The fourth-order valence-electron chi connectivity index (χ4n) is 3.47. The number of imidazole rings is 1. The lowest BCUT2D eigenvalue weighted by atomic mass is 10.1. The number of benzene rings is 3. The Morgan fingerprint density at radius 2 is 1.75 bits per heavy atom. The first kappa shape index (κ1) is 20.3. The van der Waals surface area contributed by atoms with E-state index in [0.717, 1.165) is 23.3 Å². The van der Waals surface area contributed by atoms with E-state index in [4.69, 9.17) is 20.8 Å². The van der Waals surface area contributed by atoms with E-state index in [-0.39, 0.29) is 0 Å². The van der Waals surface area contributed by atoms with Gasteiger partial charge in [0.25, 0.3) is 0 Å². The molecule has 7 heteroatoms. The van der Waals surface area contributed by atoms with Gasteiger partial charge in [-0.05, 0) is 35.9 Å². The van der Waals surface area contributed by atoms with Crippen molar-refractivity contribution in [2.45, 2.75) is 13.0 Å². The highest BCUT2D eigenvalue weighted by Gasteiger charge is 2.14. The van der Waals surface area contributed by atoms with Crippen LogP contribution < -0.4 is 4.74 Å². The largest absolute Gasteiger partial charge is 0.489 e. The molecule has 1 N–H and O–H groups in total. The Morgan fingerprint density at radius 3 is 2.59 bits per heavy atom. The fourth-order valence-corrected chi connectivity index (χ4v) is 3.67. The molecule has 3 aromatic carbocycles. The molecule has 0 aliphatic rings. The predicted molar refractivity (Wildman–Crippen MR) is 119 cm³/mol. The van der Waals surface area contributed by atoms with E-state index in [0.29, 0.717) is 52.2 Å². The molecular weight excluding hydrogens is 434 g/mol. The normalized spacial score (nSPS) is 11.2. The third-order valence-electron chi connectivity index (χ3n) is 5.04. The molecule has 160 valence electrons. The summed E-state index contributed by atoms with van der Waals surface area (Å²) >= 11 is 6.21. The summed E-state index contributed by atoms with van der Waals surface area (Å²) in [7, 11) is 0. The van der Waals surface area contributed by atoms with Gasteiger partial charge in [0.05, 0.1) is 11.0 Å². The van der Waals surface area contributed by atoms with Gasteiger partial charge in [0.2, 0.25) is 0 Å². The third kappa shape index (κ3) is 4.22. The second-order valence-corrected chi connectivity index (χ2v) is 7.77. The minimum atomic E-state index is -0.945. The van der Waals surface area contributed by atoms with E-state index in [9.17, 15) is 8.78 Å². The van der Waals surface area contributed by atoms with Crippen LogP contribution in [0.3, 0.4) is 0 Å². The van der Waals surface area contributed by atoms with Crippen molar-refractivity contribution in [3.05, 3.63) is 106 Å². The van der Waals surface area contributed by atoms with Gasteiger partial charge in [-0.25, -0.2) is 13.8 Å². The number of rotatable bonds is 6. The average Bonchev–Trinajstić information content (AvgIpc) is 3.41. The van der Waals surface area contributed by atoms with E-state index < -0.39 is 11.6 Å². The molecule has 4 nitrogen and oxygen atoms in total. The maximum atomic E-state index is 13.5. The first-order valence-corrected chi connectivity index (χ1v) is 10.3. The van der Waals surface area contributed by atoms with E-state index >= 15 is 0 Å². The van der Waals surface area contributed by atoms with Crippen LogP contribution in [0.4, 0.5) is 8.78 Å². The van der Waals surface area contributed by atoms with E-state index in [1.54, 1.807) is 12.1 Å². The summed E-state index contributed by atoms with van der Waals surface area (Å²) in [5.41, 5.74) is 2.65. The first-order chi connectivity index (χ1) is 15.5. The van der Waals surface area contributed by atoms with Gasteiger partial charge >= 0.3 is 0 Å². The topological polar surface area (TPSA) is 51.1 Å². The van der Waals surface area contributed by atoms with Crippen LogP contribution in [-0.4, -0.2) is 9.97 Å². The molecule has 2 aromatic heterocycles. The van der Waals surface area contributed by atoms with Crippen LogP contribution >= 0.6 is 11.6 Å². The molecule has 0 saturated heterocycles. The molecule has 0 fully saturated rings. The zero-order valence-electron chi connectivity index (χ0n) is 16.7. The SMILES string of the molecule is Fc1cc2nc(-c3ccc(Cc4cc(Cl)ccc4OCc4ccccc4)o3)[nH]c2cc1F. The van der Waals surface area contributed by atoms with Crippen molar-refractivity contribution >= 4 is 22.6 Å². The van der Waals surface area contributed by atoms with Crippen LogP contribution in [0.1, 0.15) is 16.9 Å². The number of ether oxygens (including phenoxy) is 1. The Morgan fingerprint density at radius 1 is 0.938 bits per heavy atom. The van der Waals surface area contributed by atoms with Crippen molar-refractivity contribution in [1.29, 1.82) is 0 Å². The first-order valence-electron chi connectivity index (χ1n) is 9.94. The van der Waals surface area contributed by atoms with Gasteiger partial charge in [-0.1, -0.05) is 41.9 Å². The molecular formula is C25H17ClF2N2O2. The molecule has 5 rings (SSSR count). The maximum absolute atomic E-state index is 13.5. The second kappa shape index (κ2) is 8.48. The van der Waals surface area contributed by atoms with Gasteiger partial charge in [0.15, 0.2) is 23.2 Å². The zero-order valence-corrected chi connectivity index (χ0v) is 17.5. The Labute approximate surface area is 187 Å². The van der Waals surface area contributed by atoms with Crippen molar-refractivity contribution in [2.75, 3.05) is 0 Å². The summed E-state index contributed by atoms with van der Waals surface area (Å²) < 4.78 is 38.9. The van der Waals surface area contributed by atoms with Crippen LogP contribution in [0.2, 0.25) is 5.02 Å². The molecule has 0 bridgehead atoms. The van der Waals surface area contributed by atoms with Crippen molar-refractivity contribution in [2.24, 2.45) is 0 Å². The minimum Gasteiger partial charge on any atom is -0.489 e. The Bertz CT molecular complexity index is 1360. The molecule has 0 radical (unpaired) electrons. The summed E-state index contributed by atoms with van der Waals surface area (Å²) in [5.74, 6) is 0.362. The van der Waals surface area contributed by atoms with Gasteiger partial charge in [0, 0.05) is 29.1 Å². The van der Waals surface area contributed by atoms with Crippen molar-refractivity contribution in [3.8, 4) is 17.3 Å². The van der Waals surface area contributed by atoms with E-state index in [1.165, 1.54) is 0 Å². The average molecular weight is 451 g/mol. The molecule has 0 aliphatic heterocycles. The van der Waals surface area contributed by atoms with Gasteiger partial charge in [-0.2, -0.15) is 0 Å². The Hall–Kier alpha value is -3.64. The number of hydrogen-bond donors (Lipinski definition) is 1. The number of aromatic amines is 1. The summed E-state index contributed by atoms with van der Waals surface area (Å²) in [6.45, 7) is 0.435. The molecule has 0 aliphatic carbocycles. The Kier molecular flexibility index (Phi) is 5.37. The standard InChI is InChI=1S/C25H17ClF2N2O2/c26-17-6-8-23(31-14-15-4-2-1-3-5-15)16(10-17)11-18-7-9-24(32-18)25-29-21-12-19(27)20(28)13-22(21)30-25/h1-10,12-13H,11,14H2,(H,29,30). The molecule has 32 heavy (non-hydrogen) atoms. The van der Waals surface area contributed by atoms with Gasteiger partial charge in [-0.15, -0.1) is 0 Å². The maximum Gasteiger partial charge on any atom is 0.174 e. The quantitative estimate of drug-likeness (QED) is 0.305.